The Bertz CT molecular complexity index is 2270. The summed E-state index contributed by atoms with van der Waals surface area (Å²) >= 11 is 0. The molecule has 3 N–H and O–H groups in total. The average Bonchev–Trinajstić information content (AvgIpc) is 3.97. The van der Waals surface area contributed by atoms with Gasteiger partial charge in [-0.2, -0.15) is 0 Å². The summed E-state index contributed by atoms with van der Waals surface area (Å²) < 4.78 is 17.0. The van der Waals surface area contributed by atoms with Gasteiger partial charge < -0.3 is 34.4 Å². The van der Waals surface area contributed by atoms with E-state index < -0.39 is 17.7 Å². The molecule has 3 atom stereocenters. The van der Waals surface area contributed by atoms with E-state index in [2.05, 4.69) is 51.7 Å². The number of hydrogen-bond acceptors (Lipinski definition) is 8. The number of aromatic amines is 2. The molecule has 2 fully saturated rings. The molecule has 5 aromatic rings. The number of ether oxygens (including phenoxy) is 3. The van der Waals surface area contributed by atoms with Crippen LogP contribution in [0.3, 0.4) is 0 Å². The maximum atomic E-state index is 13.6. The largest absolute Gasteiger partial charge is 0.488 e. The Morgan fingerprint density at radius 3 is 2.39 bits per heavy atom. The first-order valence-corrected chi connectivity index (χ1v) is 18.8. The third-order valence-corrected chi connectivity index (χ3v) is 10.7. The quantitative estimate of drug-likeness (QED) is 0.160. The summed E-state index contributed by atoms with van der Waals surface area (Å²) in [5, 5.41) is 4.68. The molecule has 0 unspecified atom stereocenters. The van der Waals surface area contributed by atoms with Crippen LogP contribution in [0, 0.1) is 5.92 Å². The van der Waals surface area contributed by atoms with E-state index in [-0.39, 0.29) is 30.0 Å². The first-order chi connectivity index (χ1) is 25.9. The predicted molar refractivity (Wildman–Crippen MR) is 204 cm³/mol. The van der Waals surface area contributed by atoms with Gasteiger partial charge in [0, 0.05) is 29.4 Å². The van der Waals surface area contributed by atoms with Gasteiger partial charge in [0.15, 0.2) is 0 Å². The predicted octanol–water partition coefficient (Wildman–Crippen LogP) is 7.78. The van der Waals surface area contributed by atoms with Gasteiger partial charge in [0.1, 0.15) is 35.6 Å². The van der Waals surface area contributed by atoms with Crippen LogP contribution in [-0.4, -0.2) is 79.7 Å². The fourth-order valence-corrected chi connectivity index (χ4v) is 8.12. The zero-order valence-electron chi connectivity index (χ0n) is 31.6. The van der Waals surface area contributed by atoms with Crippen molar-refractivity contribution in [1.29, 1.82) is 0 Å². The monoisotopic (exact) mass is 733 g/mol. The molecule has 0 aliphatic carbocycles. The first-order valence-electron chi connectivity index (χ1n) is 18.8. The average molecular weight is 734 g/mol. The van der Waals surface area contributed by atoms with Crippen LogP contribution in [0.15, 0.2) is 48.7 Å². The molecule has 3 amide bonds. The fraction of sp³-hybridized carbons (Fsp3) is 0.439. The molecule has 2 saturated heterocycles. The number of hydrogen-bond donors (Lipinski definition) is 3. The van der Waals surface area contributed by atoms with Crippen molar-refractivity contribution in [2.24, 2.45) is 5.92 Å². The van der Waals surface area contributed by atoms with Crippen molar-refractivity contribution in [1.82, 2.24) is 35.1 Å². The molecule has 282 valence electrons. The van der Waals surface area contributed by atoms with Crippen molar-refractivity contribution in [2.45, 2.75) is 90.6 Å². The topological polar surface area (TPSA) is 155 Å². The van der Waals surface area contributed by atoms with E-state index in [1.807, 2.05) is 51.8 Å². The summed E-state index contributed by atoms with van der Waals surface area (Å²) in [6.45, 7) is 11.1. The molecule has 0 spiro atoms. The molecule has 3 aliphatic heterocycles. The lowest BCUT2D eigenvalue weighted by atomic mass is 9.92. The number of nitrogens with zero attached hydrogens (tertiary/aromatic N) is 4. The number of imidazole rings is 2. The first kappa shape index (κ1) is 35.4. The molecule has 3 aromatic carbocycles. The number of carbonyl (C=O) groups excluding carboxylic acids is 3. The number of alkyl carbamates (subject to hydrolysis) is 1. The second-order valence-corrected chi connectivity index (χ2v) is 15.8. The highest BCUT2D eigenvalue weighted by Crippen LogP contribution is 2.45. The number of aromatic nitrogens is 4. The van der Waals surface area contributed by atoms with Gasteiger partial charge in [-0.1, -0.05) is 32.0 Å². The molecule has 3 aliphatic rings. The van der Waals surface area contributed by atoms with Crippen molar-refractivity contribution in [2.75, 3.05) is 20.2 Å². The highest BCUT2D eigenvalue weighted by Gasteiger charge is 2.38. The lowest BCUT2D eigenvalue weighted by molar-refractivity contribution is -0.135. The minimum absolute atomic E-state index is 0.106. The maximum Gasteiger partial charge on any atom is 0.410 e. The third-order valence-electron chi connectivity index (χ3n) is 10.7. The van der Waals surface area contributed by atoms with E-state index in [0.29, 0.717) is 19.7 Å². The fourth-order valence-electron chi connectivity index (χ4n) is 8.12. The number of fused-ring (bicyclic) bond motifs is 7. The van der Waals surface area contributed by atoms with E-state index >= 15 is 0 Å². The van der Waals surface area contributed by atoms with Gasteiger partial charge in [0.25, 0.3) is 0 Å². The summed E-state index contributed by atoms with van der Waals surface area (Å²) in [5.74, 6) is 2.07. The Morgan fingerprint density at radius 2 is 1.65 bits per heavy atom. The smallest absolute Gasteiger partial charge is 0.410 e. The Labute approximate surface area is 313 Å². The van der Waals surface area contributed by atoms with Crippen molar-refractivity contribution in [3.8, 4) is 28.1 Å². The number of likely N-dealkylation sites (tertiary alicyclic amines) is 2. The third kappa shape index (κ3) is 6.39. The van der Waals surface area contributed by atoms with E-state index in [1.54, 1.807) is 4.90 Å². The lowest BCUT2D eigenvalue weighted by Gasteiger charge is -2.30. The second-order valence-electron chi connectivity index (χ2n) is 15.8. The summed E-state index contributed by atoms with van der Waals surface area (Å²) in [6, 6.07) is 13.6. The van der Waals surface area contributed by atoms with Gasteiger partial charge in [0.2, 0.25) is 5.91 Å². The number of nitrogens with one attached hydrogen (secondary N) is 3. The number of carbonyl (C=O) groups is 3. The van der Waals surface area contributed by atoms with Crippen molar-refractivity contribution >= 4 is 39.9 Å². The molecule has 0 radical (unpaired) electrons. The van der Waals surface area contributed by atoms with Gasteiger partial charge in [0.05, 0.1) is 42.1 Å². The molecule has 0 bridgehead atoms. The van der Waals surface area contributed by atoms with E-state index in [4.69, 9.17) is 24.2 Å². The minimum atomic E-state index is -0.690. The normalized spacial score (nSPS) is 18.8. The molecule has 2 aromatic heterocycles. The summed E-state index contributed by atoms with van der Waals surface area (Å²) in [4.78, 5) is 59.0. The van der Waals surface area contributed by atoms with Crippen LogP contribution >= 0.6 is 0 Å². The van der Waals surface area contributed by atoms with Crippen molar-refractivity contribution in [3.63, 3.8) is 0 Å². The Hall–Kier alpha value is -5.59. The lowest BCUT2D eigenvalue weighted by Crippen LogP contribution is -2.51. The molecule has 13 heteroatoms. The Kier molecular flexibility index (Phi) is 8.98. The van der Waals surface area contributed by atoms with Gasteiger partial charge in [-0.3, -0.25) is 9.69 Å². The summed E-state index contributed by atoms with van der Waals surface area (Å²) in [6.07, 6.45) is 4.22. The second kappa shape index (κ2) is 13.7. The van der Waals surface area contributed by atoms with E-state index in [1.165, 1.54) is 7.11 Å². The van der Waals surface area contributed by atoms with Gasteiger partial charge in [-0.15, -0.1) is 0 Å². The van der Waals surface area contributed by atoms with Crippen LogP contribution in [0.25, 0.3) is 44.2 Å². The van der Waals surface area contributed by atoms with Crippen LogP contribution in [0.1, 0.15) is 89.6 Å². The molecule has 8 rings (SSSR count). The minimum Gasteiger partial charge on any atom is -0.488 e. The summed E-state index contributed by atoms with van der Waals surface area (Å²) in [7, 11) is 1.29. The van der Waals surface area contributed by atoms with Gasteiger partial charge in [-0.25, -0.2) is 19.6 Å². The number of rotatable bonds is 6. The number of benzene rings is 3. The van der Waals surface area contributed by atoms with Crippen LogP contribution in [0.5, 0.6) is 5.75 Å². The Balaban J connectivity index is 1.04. The standard InChI is InChI=1S/C41H47N7O6/c1-22(2)33(46-39(50)52-6)38(49)47-17-7-9-31(47)36-42-20-30(44-36)23-11-12-25-24(19-23)21-53-35-27(25)14-13-26-28(35)15-16-29-34(26)45-37(43-29)32-10-8-18-48(32)40(51)54-41(3,4)5/h11-16,19-20,22,31-33H,7-10,17-18,21H2,1-6H3,(H,42,44)(H,43,45)(H,46,50)/t31-,32-,33-/m0/s1. The molecule has 13 nitrogen and oxygen atoms in total. The molecule has 5 heterocycles. The summed E-state index contributed by atoms with van der Waals surface area (Å²) in [5.41, 5.74) is 6.21. The molecule has 0 saturated carbocycles. The van der Waals surface area contributed by atoms with Gasteiger partial charge >= 0.3 is 12.2 Å². The molecular weight excluding hydrogens is 686 g/mol. The van der Waals surface area contributed by atoms with Crippen molar-refractivity contribution in [3.05, 3.63) is 65.9 Å². The SMILES string of the molecule is COC(=O)N[C@H](C(=O)N1CCC[C@H]1c1ncc(-c2ccc3c(c2)COc2c-3ccc3c2ccc2[nH]c([C@@H]4CCCN4C(=O)OC(C)(C)C)nc23)[nH]1)C(C)C. The number of H-pyrrole nitrogens is 2. The van der Waals surface area contributed by atoms with E-state index in [9.17, 15) is 14.4 Å². The number of amides is 3. The van der Waals surface area contributed by atoms with Crippen LogP contribution in [-0.2, 0) is 20.9 Å². The zero-order chi connectivity index (χ0) is 37.9. The van der Waals surface area contributed by atoms with Gasteiger partial charge in [-0.05, 0) is 93.3 Å². The van der Waals surface area contributed by atoms with Crippen LogP contribution < -0.4 is 10.1 Å². The molecular formula is C41H47N7O6. The van der Waals surface area contributed by atoms with Crippen molar-refractivity contribution < 1.29 is 28.6 Å². The Morgan fingerprint density at radius 1 is 0.926 bits per heavy atom. The van der Waals surface area contributed by atoms with Crippen LogP contribution in [0.2, 0.25) is 0 Å². The van der Waals surface area contributed by atoms with E-state index in [0.717, 1.165) is 92.8 Å². The maximum absolute atomic E-state index is 13.6. The zero-order valence-corrected chi connectivity index (χ0v) is 31.6. The highest BCUT2D eigenvalue weighted by atomic mass is 16.6. The number of methoxy groups -OCH3 is 1. The van der Waals surface area contributed by atoms with Crippen LogP contribution in [0.4, 0.5) is 9.59 Å². The highest BCUT2D eigenvalue weighted by molar-refractivity contribution is 6.09. The molecule has 54 heavy (non-hydrogen) atoms.